The fraction of sp³-hybridized carbons (Fsp3) is 0.857. The summed E-state index contributed by atoms with van der Waals surface area (Å²) in [7, 11) is 0. The SMILES string of the molecule is C=COC1CC2CC1C1C3CC(CC3O)C21. The molecule has 8 atom stereocenters. The Balaban J connectivity index is 1.63. The minimum absolute atomic E-state index is 0.00465. The first kappa shape index (κ1) is 9.52. The van der Waals surface area contributed by atoms with Crippen molar-refractivity contribution in [1.29, 1.82) is 0 Å². The van der Waals surface area contributed by atoms with E-state index in [1.807, 2.05) is 0 Å². The third-order valence-electron chi connectivity index (χ3n) is 5.99. The van der Waals surface area contributed by atoms with Crippen molar-refractivity contribution in [2.24, 2.45) is 35.5 Å². The molecular weight excluding hydrogens is 200 g/mol. The van der Waals surface area contributed by atoms with Gasteiger partial charge in [-0.2, -0.15) is 0 Å². The highest BCUT2D eigenvalue weighted by molar-refractivity contribution is 5.13. The molecule has 0 saturated heterocycles. The van der Waals surface area contributed by atoms with Gasteiger partial charge in [-0.3, -0.25) is 0 Å². The molecule has 0 heterocycles. The molecule has 0 amide bonds. The topological polar surface area (TPSA) is 29.5 Å². The summed E-state index contributed by atoms with van der Waals surface area (Å²) in [6.07, 6.45) is 7.01. The third-order valence-corrected chi connectivity index (χ3v) is 5.99. The Bertz CT molecular complexity index is 327. The smallest absolute Gasteiger partial charge is 0.101 e. The normalized spacial score (nSPS) is 61.3. The second-order valence-electron chi connectivity index (χ2n) is 6.35. The molecule has 0 radical (unpaired) electrons. The number of rotatable bonds is 2. The van der Waals surface area contributed by atoms with Crippen molar-refractivity contribution in [1.82, 2.24) is 0 Å². The predicted molar refractivity (Wildman–Crippen MR) is 60.5 cm³/mol. The van der Waals surface area contributed by atoms with Crippen LogP contribution >= 0.6 is 0 Å². The zero-order valence-corrected chi connectivity index (χ0v) is 9.59. The van der Waals surface area contributed by atoms with Crippen LogP contribution in [0.3, 0.4) is 0 Å². The molecule has 4 fully saturated rings. The van der Waals surface area contributed by atoms with E-state index >= 15 is 0 Å². The average molecular weight is 220 g/mol. The highest BCUT2D eigenvalue weighted by Crippen LogP contribution is 2.67. The van der Waals surface area contributed by atoms with Crippen LogP contribution in [0.25, 0.3) is 0 Å². The number of aliphatic hydroxyl groups excluding tert-OH is 1. The van der Waals surface area contributed by atoms with Crippen LogP contribution in [0.4, 0.5) is 0 Å². The van der Waals surface area contributed by atoms with Crippen molar-refractivity contribution in [2.75, 3.05) is 0 Å². The lowest BCUT2D eigenvalue weighted by atomic mass is 9.69. The van der Waals surface area contributed by atoms with Gasteiger partial charge in [-0.15, -0.1) is 0 Å². The molecule has 1 N–H and O–H groups in total. The molecule has 4 rings (SSSR count). The Morgan fingerprint density at radius 3 is 2.56 bits per heavy atom. The zero-order valence-electron chi connectivity index (χ0n) is 9.59. The van der Waals surface area contributed by atoms with Gasteiger partial charge in [0, 0.05) is 0 Å². The first-order chi connectivity index (χ1) is 7.79. The molecule has 4 aliphatic carbocycles. The molecule has 4 aliphatic rings. The number of hydrogen-bond acceptors (Lipinski definition) is 2. The van der Waals surface area contributed by atoms with Gasteiger partial charge in [0.05, 0.1) is 12.4 Å². The van der Waals surface area contributed by atoms with Gasteiger partial charge in [0.25, 0.3) is 0 Å². The van der Waals surface area contributed by atoms with Crippen molar-refractivity contribution < 1.29 is 9.84 Å². The van der Waals surface area contributed by atoms with Crippen molar-refractivity contribution in [3.05, 3.63) is 12.8 Å². The van der Waals surface area contributed by atoms with Crippen molar-refractivity contribution in [3.63, 3.8) is 0 Å². The standard InChI is InChI=1S/C14H20O2/c1-2-16-12-6-8-4-10(12)14-9-3-7(13(8)14)5-11(9)15/h2,7-15H,1,3-6H2. The first-order valence-electron chi connectivity index (χ1n) is 6.74. The third kappa shape index (κ3) is 0.976. The van der Waals surface area contributed by atoms with E-state index in [9.17, 15) is 5.11 Å². The quantitative estimate of drug-likeness (QED) is 0.571. The van der Waals surface area contributed by atoms with E-state index in [1.165, 1.54) is 19.3 Å². The Labute approximate surface area is 96.7 Å². The first-order valence-corrected chi connectivity index (χ1v) is 6.74. The maximum Gasteiger partial charge on any atom is 0.101 e. The fourth-order valence-electron chi connectivity index (χ4n) is 5.79. The highest BCUT2D eigenvalue weighted by Gasteiger charge is 2.65. The minimum atomic E-state index is -0.00465. The molecular formula is C14H20O2. The lowest BCUT2D eigenvalue weighted by Crippen LogP contribution is -2.40. The van der Waals surface area contributed by atoms with Gasteiger partial charge in [0.15, 0.2) is 0 Å². The van der Waals surface area contributed by atoms with Crippen LogP contribution in [-0.2, 0) is 4.74 Å². The van der Waals surface area contributed by atoms with E-state index in [0.29, 0.717) is 12.0 Å². The summed E-state index contributed by atoms with van der Waals surface area (Å²) in [5.74, 6) is 4.76. The summed E-state index contributed by atoms with van der Waals surface area (Å²) >= 11 is 0. The molecule has 0 spiro atoms. The van der Waals surface area contributed by atoms with E-state index in [-0.39, 0.29) is 6.10 Å². The van der Waals surface area contributed by atoms with Crippen LogP contribution in [0.2, 0.25) is 0 Å². The lowest BCUT2D eigenvalue weighted by molar-refractivity contribution is -0.0216. The number of hydrogen-bond donors (Lipinski definition) is 1. The van der Waals surface area contributed by atoms with Gasteiger partial charge in [-0.05, 0) is 61.2 Å². The molecule has 88 valence electrons. The summed E-state index contributed by atoms with van der Waals surface area (Å²) in [6, 6.07) is 0. The molecule has 0 aliphatic heterocycles. The van der Waals surface area contributed by atoms with Crippen molar-refractivity contribution in [3.8, 4) is 0 Å². The van der Waals surface area contributed by atoms with Gasteiger partial charge < -0.3 is 9.84 Å². The Hall–Kier alpha value is -0.500. The number of aliphatic hydroxyl groups is 1. The summed E-state index contributed by atoms with van der Waals surface area (Å²) in [5.41, 5.74) is 0. The summed E-state index contributed by atoms with van der Waals surface area (Å²) in [5, 5.41) is 10.0. The molecule has 2 nitrogen and oxygen atoms in total. The average Bonchev–Trinajstić information content (AvgIpc) is 2.92. The predicted octanol–water partition coefficient (Wildman–Crippen LogP) is 2.19. The minimum Gasteiger partial charge on any atom is -0.498 e. The Kier molecular flexibility index (Phi) is 1.81. The van der Waals surface area contributed by atoms with Crippen LogP contribution in [0.15, 0.2) is 12.8 Å². The van der Waals surface area contributed by atoms with Crippen LogP contribution in [0.5, 0.6) is 0 Å². The van der Waals surface area contributed by atoms with Gasteiger partial charge in [-0.1, -0.05) is 6.58 Å². The van der Waals surface area contributed by atoms with E-state index in [1.54, 1.807) is 6.26 Å². The van der Waals surface area contributed by atoms with E-state index < -0.39 is 0 Å². The second-order valence-corrected chi connectivity index (χ2v) is 6.35. The van der Waals surface area contributed by atoms with E-state index in [2.05, 4.69) is 6.58 Å². The van der Waals surface area contributed by atoms with E-state index in [0.717, 1.165) is 36.0 Å². The van der Waals surface area contributed by atoms with Crippen LogP contribution in [0, 0.1) is 35.5 Å². The largest absolute Gasteiger partial charge is 0.498 e. The van der Waals surface area contributed by atoms with Gasteiger partial charge >= 0.3 is 0 Å². The van der Waals surface area contributed by atoms with Crippen LogP contribution < -0.4 is 0 Å². The molecule has 4 saturated carbocycles. The molecule has 0 aromatic rings. The zero-order chi connectivity index (χ0) is 10.9. The maximum absolute atomic E-state index is 10.0. The Morgan fingerprint density at radius 2 is 1.75 bits per heavy atom. The number of fused-ring (bicyclic) bond motifs is 9. The van der Waals surface area contributed by atoms with Gasteiger partial charge in [-0.25, -0.2) is 0 Å². The summed E-state index contributed by atoms with van der Waals surface area (Å²) in [6.45, 7) is 3.68. The molecule has 0 aromatic carbocycles. The Morgan fingerprint density at radius 1 is 1.00 bits per heavy atom. The van der Waals surface area contributed by atoms with Crippen molar-refractivity contribution >= 4 is 0 Å². The summed E-state index contributed by atoms with van der Waals surface area (Å²) < 4.78 is 5.67. The van der Waals surface area contributed by atoms with E-state index in [4.69, 9.17) is 4.74 Å². The van der Waals surface area contributed by atoms with Crippen LogP contribution in [-0.4, -0.2) is 17.3 Å². The fourth-order valence-corrected chi connectivity index (χ4v) is 5.79. The van der Waals surface area contributed by atoms with Gasteiger partial charge in [0.2, 0.25) is 0 Å². The molecule has 2 heteroatoms. The monoisotopic (exact) mass is 220 g/mol. The lowest BCUT2D eigenvalue weighted by Gasteiger charge is -2.39. The molecule has 4 bridgehead atoms. The second kappa shape index (κ2) is 3.04. The van der Waals surface area contributed by atoms with Crippen molar-refractivity contribution in [2.45, 2.75) is 37.9 Å². The van der Waals surface area contributed by atoms with Crippen LogP contribution in [0.1, 0.15) is 25.7 Å². The van der Waals surface area contributed by atoms with Gasteiger partial charge in [0.1, 0.15) is 6.10 Å². The maximum atomic E-state index is 10.0. The molecule has 0 aromatic heterocycles. The molecule has 16 heavy (non-hydrogen) atoms. The summed E-state index contributed by atoms with van der Waals surface area (Å²) in [4.78, 5) is 0. The number of ether oxygens (including phenoxy) is 1. The highest BCUT2D eigenvalue weighted by atomic mass is 16.5. The molecule has 8 unspecified atom stereocenters.